The van der Waals surface area contributed by atoms with Crippen molar-refractivity contribution in [3.63, 3.8) is 0 Å². The summed E-state index contributed by atoms with van der Waals surface area (Å²) in [5.41, 5.74) is 3.57. The molecule has 0 aromatic heterocycles. The zero-order valence-electron chi connectivity index (χ0n) is 15.9. The topological polar surface area (TPSA) is 0 Å². The lowest BCUT2D eigenvalue weighted by atomic mass is 9.39. The van der Waals surface area contributed by atoms with Gasteiger partial charge in [0, 0.05) is 0 Å². The van der Waals surface area contributed by atoms with Crippen molar-refractivity contribution in [2.75, 3.05) is 0 Å². The lowest BCUT2D eigenvalue weighted by molar-refractivity contribution is -0.135. The van der Waals surface area contributed by atoms with Gasteiger partial charge in [0.15, 0.2) is 0 Å². The average Bonchev–Trinajstić information content (AvgIpc) is 3.00. The molecule has 0 spiro atoms. The van der Waals surface area contributed by atoms with Crippen LogP contribution in [-0.4, -0.2) is 0 Å². The maximum absolute atomic E-state index is 4.74. The molecule has 0 amide bonds. The van der Waals surface area contributed by atoms with Crippen LogP contribution in [0.3, 0.4) is 0 Å². The minimum Gasteiger partial charge on any atom is -0.0995 e. The Morgan fingerprint density at radius 3 is 2.43 bits per heavy atom. The fourth-order valence-electron chi connectivity index (χ4n) is 8.47. The molecule has 130 valence electrons. The molecule has 0 bridgehead atoms. The fraction of sp³-hybridized carbons (Fsp3) is 0.913. The smallest absolute Gasteiger partial charge is 0.0138 e. The van der Waals surface area contributed by atoms with E-state index in [1.807, 2.05) is 0 Å². The van der Waals surface area contributed by atoms with Crippen molar-refractivity contribution in [1.29, 1.82) is 0 Å². The van der Waals surface area contributed by atoms with Gasteiger partial charge in [0.05, 0.1) is 0 Å². The standard InChI is InChI=1S/C23H38/c1-5-22-13-9-10-19(22)20-17(3)16-23(6-2)14-8-7-12-21(23,4)18(20)11-15-22/h18-20H,3,5-16H2,1-2,4H3. The molecular weight excluding hydrogens is 276 g/mol. The number of hydrogen-bond donors (Lipinski definition) is 0. The summed E-state index contributed by atoms with van der Waals surface area (Å²) in [7, 11) is 0. The highest BCUT2D eigenvalue weighted by atomic mass is 14.7. The third-order valence-electron chi connectivity index (χ3n) is 9.85. The van der Waals surface area contributed by atoms with E-state index in [-0.39, 0.29) is 0 Å². The van der Waals surface area contributed by atoms with E-state index in [1.165, 1.54) is 77.0 Å². The largest absolute Gasteiger partial charge is 0.0995 e. The maximum atomic E-state index is 4.74. The molecule has 0 aromatic carbocycles. The molecule has 0 heterocycles. The number of allylic oxidation sites excluding steroid dienone is 1. The molecule has 4 aliphatic rings. The number of hydrogen-bond acceptors (Lipinski definition) is 0. The summed E-state index contributed by atoms with van der Waals surface area (Å²) in [6.45, 7) is 12.4. The van der Waals surface area contributed by atoms with Crippen LogP contribution in [0.1, 0.15) is 97.8 Å². The van der Waals surface area contributed by atoms with Crippen molar-refractivity contribution in [2.45, 2.75) is 97.8 Å². The Morgan fingerprint density at radius 1 is 0.913 bits per heavy atom. The zero-order valence-corrected chi connectivity index (χ0v) is 15.9. The molecule has 4 fully saturated rings. The zero-order chi connectivity index (χ0) is 16.3. The number of fused-ring (bicyclic) bond motifs is 5. The second-order valence-electron chi connectivity index (χ2n) is 9.98. The summed E-state index contributed by atoms with van der Waals surface area (Å²) in [5, 5.41) is 0. The fourth-order valence-corrected chi connectivity index (χ4v) is 8.47. The normalized spacial score (nSPS) is 52.7. The van der Waals surface area contributed by atoms with Crippen LogP contribution in [0.5, 0.6) is 0 Å². The highest BCUT2D eigenvalue weighted by Gasteiger charge is 2.63. The van der Waals surface area contributed by atoms with Crippen molar-refractivity contribution in [3.8, 4) is 0 Å². The first-order valence-corrected chi connectivity index (χ1v) is 10.7. The minimum absolute atomic E-state index is 0.592. The predicted molar refractivity (Wildman–Crippen MR) is 99.3 cm³/mol. The van der Waals surface area contributed by atoms with Crippen molar-refractivity contribution in [2.24, 2.45) is 34.0 Å². The summed E-state index contributed by atoms with van der Waals surface area (Å²) in [6.07, 6.45) is 17.6. The van der Waals surface area contributed by atoms with Crippen molar-refractivity contribution in [3.05, 3.63) is 12.2 Å². The quantitative estimate of drug-likeness (QED) is 0.475. The Morgan fingerprint density at radius 2 is 1.70 bits per heavy atom. The van der Waals surface area contributed by atoms with E-state index >= 15 is 0 Å². The first-order valence-electron chi connectivity index (χ1n) is 10.7. The van der Waals surface area contributed by atoms with Gasteiger partial charge in [-0.15, -0.1) is 0 Å². The van der Waals surface area contributed by atoms with Gasteiger partial charge in [-0.05, 0) is 85.4 Å². The molecule has 6 unspecified atom stereocenters. The van der Waals surface area contributed by atoms with Gasteiger partial charge < -0.3 is 0 Å². The lowest BCUT2D eigenvalue weighted by Crippen LogP contribution is -2.57. The van der Waals surface area contributed by atoms with Crippen molar-refractivity contribution < 1.29 is 0 Å². The van der Waals surface area contributed by atoms with Gasteiger partial charge in [-0.1, -0.05) is 58.6 Å². The monoisotopic (exact) mass is 314 g/mol. The highest BCUT2D eigenvalue weighted by molar-refractivity contribution is 5.23. The predicted octanol–water partition coefficient (Wildman–Crippen LogP) is 7.15. The molecule has 0 saturated heterocycles. The Kier molecular flexibility index (Phi) is 3.79. The van der Waals surface area contributed by atoms with Crippen molar-refractivity contribution in [1.82, 2.24) is 0 Å². The van der Waals surface area contributed by atoms with Crippen LogP contribution in [-0.2, 0) is 0 Å². The van der Waals surface area contributed by atoms with E-state index in [9.17, 15) is 0 Å². The minimum atomic E-state index is 0.592. The highest BCUT2D eigenvalue weighted by Crippen LogP contribution is 2.72. The molecule has 0 N–H and O–H groups in total. The van der Waals surface area contributed by atoms with Gasteiger partial charge in [-0.2, -0.15) is 0 Å². The van der Waals surface area contributed by atoms with Gasteiger partial charge in [-0.25, -0.2) is 0 Å². The Balaban J connectivity index is 1.75. The Hall–Kier alpha value is -0.260. The molecule has 6 atom stereocenters. The van der Waals surface area contributed by atoms with Crippen LogP contribution in [0.2, 0.25) is 0 Å². The lowest BCUT2D eigenvalue weighted by Gasteiger charge is -2.66. The molecular formula is C23H38. The summed E-state index contributed by atoms with van der Waals surface area (Å²) in [4.78, 5) is 0. The SMILES string of the molecule is C=C1CC2(CC)CCCCC2(C)C2CCC3(CC)CCCC3C12. The molecule has 0 radical (unpaired) electrons. The number of rotatable bonds is 2. The van der Waals surface area contributed by atoms with E-state index in [1.54, 1.807) is 5.57 Å². The Bertz CT molecular complexity index is 490. The van der Waals surface area contributed by atoms with E-state index in [0.717, 1.165) is 17.8 Å². The Labute approximate surface area is 144 Å². The van der Waals surface area contributed by atoms with Gasteiger partial charge in [0.2, 0.25) is 0 Å². The summed E-state index contributed by atoms with van der Waals surface area (Å²) in [5.74, 6) is 2.80. The van der Waals surface area contributed by atoms with E-state index < -0.39 is 0 Å². The van der Waals surface area contributed by atoms with Crippen LogP contribution in [0.4, 0.5) is 0 Å². The second-order valence-corrected chi connectivity index (χ2v) is 9.98. The molecule has 0 aliphatic heterocycles. The van der Waals surface area contributed by atoms with Crippen LogP contribution in [0.25, 0.3) is 0 Å². The molecule has 4 rings (SSSR count). The van der Waals surface area contributed by atoms with E-state index in [0.29, 0.717) is 16.2 Å². The maximum Gasteiger partial charge on any atom is -0.0138 e. The van der Waals surface area contributed by atoms with Crippen molar-refractivity contribution >= 4 is 0 Å². The van der Waals surface area contributed by atoms with Gasteiger partial charge in [0.1, 0.15) is 0 Å². The van der Waals surface area contributed by atoms with E-state index in [2.05, 4.69) is 20.8 Å². The van der Waals surface area contributed by atoms with Gasteiger partial charge in [0.25, 0.3) is 0 Å². The average molecular weight is 315 g/mol. The summed E-state index contributed by atoms with van der Waals surface area (Å²) >= 11 is 0. The molecule has 0 heteroatoms. The van der Waals surface area contributed by atoms with Crippen LogP contribution in [0.15, 0.2) is 12.2 Å². The summed E-state index contributed by atoms with van der Waals surface area (Å²) in [6, 6.07) is 0. The third kappa shape index (κ3) is 1.96. The van der Waals surface area contributed by atoms with Gasteiger partial charge in [-0.3, -0.25) is 0 Å². The van der Waals surface area contributed by atoms with Crippen LogP contribution < -0.4 is 0 Å². The van der Waals surface area contributed by atoms with Crippen LogP contribution in [0, 0.1) is 34.0 Å². The first kappa shape index (κ1) is 16.2. The molecule has 4 aliphatic carbocycles. The van der Waals surface area contributed by atoms with E-state index in [4.69, 9.17) is 6.58 Å². The molecule has 0 aromatic rings. The summed E-state index contributed by atoms with van der Waals surface area (Å²) < 4.78 is 0. The molecule has 0 nitrogen and oxygen atoms in total. The molecule has 23 heavy (non-hydrogen) atoms. The second kappa shape index (κ2) is 5.37. The molecule has 4 saturated carbocycles. The third-order valence-corrected chi connectivity index (χ3v) is 9.85. The van der Waals surface area contributed by atoms with Crippen LogP contribution >= 0.6 is 0 Å². The van der Waals surface area contributed by atoms with Gasteiger partial charge >= 0.3 is 0 Å². The first-order chi connectivity index (χ1) is 11.0.